The van der Waals surface area contributed by atoms with E-state index < -0.39 is 12.2 Å². The van der Waals surface area contributed by atoms with Crippen molar-refractivity contribution in [2.24, 2.45) is 5.73 Å². The summed E-state index contributed by atoms with van der Waals surface area (Å²) in [6.45, 7) is 0.0816. The molecule has 0 aliphatic heterocycles. The number of nitrogens with two attached hydrogens (primary N) is 1. The number of hydrogen-bond acceptors (Lipinski definition) is 3. The van der Waals surface area contributed by atoms with Crippen LogP contribution in [0.25, 0.3) is 0 Å². The van der Waals surface area contributed by atoms with E-state index >= 15 is 0 Å². The fourth-order valence-electron chi connectivity index (χ4n) is 2.13. The lowest BCUT2D eigenvalue weighted by atomic mass is 10.00. The van der Waals surface area contributed by atoms with Gasteiger partial charge < -0.3 is 15.9 Å². The average Bonchev–Trinajstić information content (AvgIpc) is 2.73. The topological polar surface area (TPSA) is 66.5 Å². The molecule has 0 fully saturated rings. The van der Waals surface area contributed by atoms with Gasteiger partial charge in [-0.25, -0.2) is 0 Å². The molecule has 2 unspecified atom stereocenters. The normalized spacial score (nSPS) is 18.6. The van der Waals surface area contributed by atoms with E-state index in [2.05, 4.69) is 0 Å². The van der Waals surface area contributed by atoms with Crippen LogP contribution < -0.4 is 5.73 Å². The number of aryl methyl sites for hydroxylation is 2. The molecule has 2 rings (SSSR count). The molecule has 0 saturated heterocycles. The van der Waals surface area contributed by atoms with Crippen molar-refractivity contribution < 1.29 is 10.2 Å². The van der Waals surface area contributed by atoms with E-state index in [0.29, 0.717) is 0 Å². The van der Waals surface area contributed by atoms with Gasteiger partial charge in [0, 0.05) is 6.54 Å². The van der Waals surface area contributed by atoms with Crippen molar-refractivity contribution in [3.63, 3.8) is 0 Å². The van der Waals surface area contributed by atoms with Crippen molar-refractivity contribution in [1.29, 1.82) is 0 Å². The Hall–Kier alpha value is -0.900. The maximum absolute atomic E-state index is 9.79. The van der Waals surface area contributed by atoms with Crippen LogP contribution in [0.1, 0.15) is 29.2 Å². The zero-order chi connectivity index (χ0) is 10.8. The van der Waals surface area contributed by atoms with Crippen LogP contribution in [0.3, 0.4) is 0 Å². The highest BCUT2D eigenvalue weighted by atomic mass is 16.3. The highest BCUT2D eigenvalue weighted by Crippen LogP contribution is 2.26. The molecule has 0 heterocycles. The zero-order valence-corrected chi connectivity index (χ0v) is 8.69. The summed E-state index contributed by atoms with van der Waals surface area (Å²) in [5.41, 5.74) is 8.76. The molecule has 1 aliphatic carbocycles. The van der Waals surface area contributed by atoms with Crippen LogP contribution in [-0.4, -0.2) is 22.9 Å². The largest absolute Gasteiger partial charge is 0.389 e. The predicted molar refractivity (Wildman–Crippen MR) is 58.5 cm³/mol. The molecule has 1 aromatic rings. The monoisotopic (exact) mass is 207 g/mol. The Labute approximate surface area is 89.5 Å². The van der Waals surface area contributed by atoms with Crippen LogP contribution in [0.2, 0.25) is 0 Å². The number of rotatable bonds is 3. The lowest BCUT2D eigenvalue weighted by Crippen LogP contribution is -2.27. The Morgan fingerprint density at radius 3 is 2.67 bits per heavy atom. The van der Waals surface area contributed by atoms with Crippen LogP contribution in [-0.2, 0) is 12.8 Å². The first-order valence-electron chi connectivity index (χ1n) is 5.40. The summed E-state index contributed by atoms with van der Waals surface area (Å²) >= 11 is 0. The lowest BCUT2D eigenvalue weighted by Gasteiger charge is -2.17. The van der Waals surface area contributed by atoms with E-state index in [0.717, 1.165) is 18.4 Å². The van der Waals surface area contributed by atoms with E-state index in [4.69, 9.17) is 5.73 Å². The van der Waals surface area contributed by atoms with Crippen LogP contribution in [0.4, 0.5) is 0 Å². The van der Waals surface area contributed by atoms with Gasteiger partial charge >= 0.3 is 0 Å². The van der Waals surface area contributed by atoms with Gasteiger partial charge in [0.25, 0.3) is 0 Å². The molecule has 4 N–H and O–H groups in total. The van der Waals surface area contributed by atoms with Crippen molar-refractivity contribution in [3.8, 4) is 0 Å². The van der Waals surface area contributed by atoms with Gasteiger partial charge in [-0.1, -0.05) is 18.2 Å². The molecule has 0 bridgehead atoms. The molecular weight excluding hydrogens is 190 g/mol. The van der Waals surface area contributed by atoms with Gasteiger partial charge in [-0.2, -0.15) is 0 Å². The minimum atomic E-state index is -0.871. The first kappa shape index (κ1) is 10.6. The number of aliphatic hydroxyl groups is 2. The second kappa shape index (κ2) is 4.31. The molecule has 0 radical (unpaired) electrons. The Balaban J connectivity index is 2.22. The number of aliphatic hydroxyl groups excluding tert-OH is 2. The minimum absolute atomic E-state index is 0.0816. The number of hydrogen-bond donors (Lipinski definition) is 3. The molecule has 15 heavy (non-hydrogen) atoms. The standard InChI is InChI=1S/C12H17NO2/c13-7-11(14)12(15)10-5-4-8-2-1-3-9(8)6-10/h4-6,11-12,14-15H,1-3,7,13H2. The lowest BCUT2D eigenvalue weighted by molar-refractivity contribution is 0.0243. The van der Waals surface area contributed by atoms with Crippen LogP contribution in [0.5, 0.6) is 0 Å². The summed E-state index contributed by atoms with van der Waals surface area (Å²) in [6, 6.07) is 5.92. The molecule has 0 aromatic heterocycles. The van der Waals surface area contributed by atoms with Crippen LogP contribution in [0, 0.1) is 0 Å². The molecule has 0 saturated carbocycles. The Bertz CT molecular complexity index is 351. The molecule has 1 aromatic carbocycles. The fraction of sp³-hybridized carbons (Fsp3) is 0.500. The smallest absolute Gasteiger partial charge is 0.106 e. The third-order valence-electron chi connectivity index (χ3n) is 3.07. The van der Waals surface area contributed by atoms with Gasteiger partial charge in [0.2, 0.25) is 0 Å². The molecule has 0 amide bonds. The molecule has 1 aliphatic rings. The number of benzene rings is 1. The highest BCUT2D eigenvalue weighted by molar-refractivity contribution is 5.36. The molecule has 3 nitrogen and oxygen atoms in total. The van der Waals surface area contributed by atoms with Gasteiger partial charge in [-0.3, -0.25) is 0 Å². The first-order chi connectivity index (χ1) is 7.22. The maximum atomic E-state index is 9.79. The van der Waals surface area contributed by atoms with Gasteiger partial charge in [0.05, 0.1) is 6.10 Å². The molecular formula is C12H17NO2. The van der Waals surface area contributed by atoms with Gasteiger partial charge in [-0.15, -0.1) is 0 Å². The fourth-order valence-corrected chi connectivity index (χ4v) is 2.13. The van der Waals surface area contributed by atoms with Crippen LogP contribution in [0.15, 0.2) is 18.2 Å². The van der Waals surface area contributed by atoms with E-state index in [1.54, 1.807) is 0 Å². The van der Waals surface area contributed by atoms with E-state index in [-0.39, 0.29) is 6.54 Å². The molecule has 2 atom stereocenters. The number of fused-ring (bicyclic) bond motifs is 1. The van der Waals surface area contributed by atoms with Crippen molar-refractivity contribution in [2.75, 3.05) is 6.54 Å². The molecule has 82 valence electrons. The maximum Gasteiger partial charge on any atom is 0.106 e. The summed E-state index contributed by atoms with van der Waals surface area (Å²) in [7, 11) is 0. The third-order valence-corrected chi connectivity index (χ3v) is 3.07. The summed E-state index contributed by atoms with van der Waals surface area (Å²) in [5.74, 6) is 0. The van der Waals surface area contributed by atoms with Crippen molar-refractivity contribution in [2.45, 2.75) is 31.5 Å². The highest BCUT2D eigenvalue weighted by Gasteiger charge is 2.19. The quantitative estimate of drug-likeness (QED) is 0.677. The minimum Gasteiger partial charge on any atom is -0.389 e. The van der Waals surface area contributed by atoms with E-state index in [1.807, 2.05) is 18.2 Å². The Kier molecular flexibility index (Phi) is 3.05. The predicted octanol–water partition coefficient (Wildman–Crippen LogP) is 0.528. The van der Waals surface area contributed by atoms with Gasteiger partial charge in [0.15, 0.2) is 0 Å². The summed E-state index contributed by atoms with van der Waals surface area (Å²) in [5, 5.41) is 19.2. The van der Waals surface area contributed by atoms with Crippen molar-refractivity contribution in [1.82, 2.24) is 0 Å². The van der Waals surface area contributed by atoms with Gasteiger partial charge in [-0.05, 0) is 36.0 Å². The molecule has 3 heteroatoms. The zero-order valence-electron chi connectivity index (χ0n) is 8.69. The van der Waals surface area contributed by atoms with Crippen molar-refractivity contribution >= 4 is 0 Å². The summed E-state index contributed by atoms with van der Waals surface area (Å²) in [4.78, 5) is 0. The SMILES string of the molecule is NCC(O)C(O)c1ccc2c(c1)CCC2. The van der Waals surface area contributed by atoms with Gasteiger partial charge in [0.1, 0.15) is 6.10 Å². The first-order valence-corrected chi connectivity index (χ1v) is 5.40. The Morgan fingerprint density at radius 1 is 1.20 bits per heavy atom. The molecule has 0 spiro atoms. The van der Waals surface area contributed by atoms with E-state index in [9.17, 15) is 10.2 Å². The van der Waals surface area contributed by atoms with Crippen molar-refractivity contribution in [3.05, 3.63) is 34.9 Å². The van der Waals surface area contributed by atoms with E-state index in [1.165, 1.54) is 17.5 Å². The average molecular weight is 207 g/mol. The van der Waals surface area contributed by atoms with Crippen LogP contribution >= 0.6 is 0 Å². The summed E-state index contributed by atoms with van der Waals surface area (Å²) < 4.78 is 0. The second-order valence-corrected chi connectivity index (χ2v) is 4.13. The third kappa shape index (κ3) is 2.04. The second-order valence-electron chi connectivity index (χ2n) is 4.13. The Morgan fingerprint density at radius 2 is 1.93 bits per heavy atom. The summed E-state index contributed by atoms with van der Waals surface area (Å²) in [6.07, 6.45) is 1.67.